The van der Waals surface area contributed by atoms with Gasteiger partial charge in [0, 0.05) is 5.39 Å². The van der Waals surface area contributed by atoms with Gasteiger partial charge >= 0.3 is 5.97 Å². The minimum absolute atomic E-state index is 0.0875. The molecule has 0 unspecified atom stereocenters. The van der Waals surface area contributed by atoms with Crippen LogP contribution in [0.3, 0.4) is 0 Å². The zero-order valence-corrected chi connectivity index (χ0v) is 10.8. The number of esters is 1. The molecule has 94 valence electrons. The molecule has 0 amide bonds. The van der Waals surface area contributed by atoms with Gasteiger partial charge in [0.2, 0.25) is 0 Å². The maximum absolute atomic E-state index is 11.2. The molecule has 4 nitrogen and oxygen atoms in total. The zero-order chi connectivity index (χ0) is 13.1. The molecular formula is C13H12ClNO3. The molecule has 0 aliphatic carbocycles. The normalized spacial score (nSPS) is 10.4. The van der Waals surface area contributed by atoms with Crippen molar-refractivity contribution in [1.29, 1.82) is 0 Å². The van der Waals surface area contributed by atoms with Crippen LogP contribution >= 0.6 is 11.6 Å². The highest BCUT2D eigenvalue weighted by molar-refractivity contribution is 6.35. The lowest BCUT2D eigenvalue weighted by molar-refractivity contribution is -0.139. The number of hydrogen-bond acceptors (Lipinski definition) is 4. The molecule has 2 rings (SSSR count). The summed E-state index contributed by atoms with van der Waals surface area (Å²) >= 11 is 6.17. The Hall–Kier alpha value is -1.81. The van der Waals surface area contributed by atoms with E-state index in [9.17, 15) is 4.79 Å². The molecule has 0 aliphatic heterocycles. The van der Waals surface area contributed by atoms with E-state index in [1.54, 1.807) is 19.2 Å². The lowest BCUT2D eigenvalue weighted by Gasteiger charge is -2.08. The van der Waals surface area contributed by atoms with E-state index in [2.05, 4.69) is 9.72 Å². The summed E-state index contributed by atoms with van der Waals surface area (Å²) in [5.74, 6) is 0.272. The minimum atomic E-state index is -0.354. The van der Waals surface area contributed by atoms with Crippen LogP contribution in [-0.2, 0) is 16.0 Å². The van der Waals surface area contributed by atoms with Crippen molar-refractivity contribution in [3.05, 3.63) is 35.0 Å². The number of fused-ring (bicyclic) bond motifs is 1. The first kappa shape index (κ1) is 12.6. The molecule has 18 heavy (non-hydrogen) atoms. The second kappa shape index (κ2) is 5.23. The van der Waals surface area contributed by atoms with Crippen LogP contribution in [0, 0.1) is 0 Å². The summed E-state index contributed by atoms with van der Waals surface area (Å²) in [7, 11) is 2.91. The summed E-state index contributed by atoms with van der Waals surface area (Å²) in [5.41, 5.74) is 1.20. The van der Waals surface area contributed by atoms with Crippen molar-refractivity contribution in [3.8, 4) is 5.75 Å². The van der Waals surface area contributed by atoms with E-state index < -0.39 is 0 Å². The molecule has 0 spiro atoms. The lowest BCUT2D eigenvalue weighted by atomic mass is 10.1. The number of para-hydroxylation sites is 1. The number of benzene rings is 1. The van der Waals surface area contributed by atoms with Crippen molar-refractivity contribution in [2.24, 2.45) is 0 Å². The largest absolute Gasteiger partial charge is 0.494 e. The van der Waals surface area contributed by atoms with Gasteiger partial charge in [-0.3, -0.25) is 4.79 Å². The molecule has 0 atom stereocenters. The second-order valence-electron chi connectivity index (χ2n) is 3.70. The number of halogens is 1. The van der Waals surface area contributed by atoms with Crippen molar-refractivity contribution >= 4 is 28.5 Å². The molecule has 1 heterocycles. The average molecular weight is 266 g/mol. The fourth-order valence-corrected chi connectivity index (χ4v) is 1.98. The number of hydrogen-bond donors (Lipinski definition) is 0. The van der Waals surface area contributed by atoms with Gasteiger partial charge in [0.25, 0.3) is 0 Å². The van der Waals surface area contributed by atoms with E-state index in [1.165, 1.54) is 7.11 Å². The van der Waals surface area contributed by atoms with Gasteiger partial charge in [-0.25, -0.2) is 4.98 Å². The number of carbonyl (C=O) groups is 1. The predicted molar refractivity (Wildman–Crippen MR) is 69.0 cm³/mol. The summed E-state index contributed by atoms with van der Waals surface area (Å²) in [4.78, 5) is 15.6. The molecular weight excluding hydrogens is 254 g/mol. The van der Waals surface area contributed by atoms with Crippen LogP contribution in [0.25, 0.3) is 10.9 Å². The Balaban J connectivity index is 2.55. The molecule has 0 radical (unpaired) electrons. The monoisotopic (exact) mass is 265 g/mol. The van der Waals surface area contributed by atoms with Gasteiger partial charge in [0.15, 0.2) is 0 Å². The van der Waals surface area contributed by atoms with Crippen molar-refractivity contribution in [1.82, 2.24) is 4.98 Å². The molecule has 1 aromatic heterocycles. The summed E-state index contributed by atoms with van der Waals surface area (Å²) in [5, 5.41) is 1.34. The number of ether oxygens (including phenoxy) is 2. The Bertz CT molecular complexity index is 598. The SMILES string of the molecule is COC(=O)Cc1cc(Cl)c2cccc(OC)c2n1. The van der Waals surface area contributed by atoms with Gasteiger partial charge in [0.05, 0.1) is 31.4 Å². The Kier molecular flexibility index (Phi) is 3.67. The van der Waals surface area contributed by atoms with E-state index in [4.69, 9.17) is 16.3 Å². The molecule has 5 heteroatoms. The number of methoxy groups -OCH3 is 2. The lowest BCUT2D eigenvalue weighted by Crippen LogP contribution is -2.06. The van der Waals surface area contributed by atoms with Gasteiger partial charge in [-0.1, -0.05) is 23.7 Å². The van der Waals surface area contributed by atoms with Gasteiger partial charge in [0.1, 0.15) is 11.3 Å². The second-order valence-corrected chi connectivity index (χ2v) is 4.11. The summed E-state index contributed by atoms with van der Waals surface area (Å²) < 4.78 is 9.84. The van der Waals surface area contributed by atoms with Crippen LogP contribution in [0.4, 0.5) is 0 Å². The molecule has 0 N–H and O–H groups in total. The molecule has 0 aliphatic rings. The molecule has 0 saturated carbocycles. The molecule has 0 fully saturated rings. The molecule has 1 aromatic carbocycles. The third-order valence-electron chi connectivity index (χ3n) is 2.58. The van der Waals surface area contributed by atoms with Gasteiger partial charge in [-0.15, -0.1) is 0 Å². The van der Waals surface area contributed by atoms with Gasteiger partial charge < -0.3 is 9.47 Å². The van der Waals surface area contributed by atoms with Gasteiger partial charge in [-0.05, 0) is 12.1 Å². The third-order valence-corrected chi connectivity index (χ3v) is 2.89. The van der Waals surface area contributed by atoms with Crippen LogP contribution in [-0.4, -0.2) is 25.2 Å². The fraction of sp³-hybridized carbons (Fsp3) is 0.231. The van der Waals surface area contributed by atoms with Crippen molar-refractivity contribution < 1.29 is 14.3 Å². The first-order chi connectivity index (χ1) is 8.65. The topological polar surface area (TPSA) is 48.4 Å². The van der Waals surface area contributed by atoms with E-state index >= 15 is 0 Å². The quantitative estimate of drug-likeness (QED) is 0.801. The number of carbonyl (C=O) groups excluding carboxylic acids is 1. The van der Waals surface area contributed by atoms with E-state index in [1.807, 2.05) is 12.1 Å². The number of nitrogens with zero attached hydrogens (tertiary/aromatic N) is 1. The highest BCUT2D eigenvalue weighted by Crippen LogP contribution is 2.29. The summed E-state index contributed by atoms with van der Waals surface area (Å²) in [6.07, 6.45) is 0.0875. The number of pyridine rings is 1. The smallest absolute Gasteiger partial charge is 0.311 e. The number of aromatic nitrogens is 1. The van der Waals surface area contributed by atoms with Crippen LogP contribution < -0.4 is 4.74 Å². The Morgan fingerprint density at radius 1 is 1.39 bits per heavy atom. The van der Waals surface area contributed by atoms with E-state index in [-0.39, 0.29) is 12.4 Å². The minimum Gasteiger partial charge on any atom is -0.494 e. The Morgan fingerprint density at radius 3 is 2.83 bits per heavy atom. The third kappa shape index (κ3) is 2.38. The van der Waals surface area contributed by atoms with Gasteiger partial charge in [-0.2, -0.15) is 0 Å². The van der Waals surface area contributed by atoms with Crippen LogP contribution in [0.2, 0.25) is 5.02 Å². The average Bonchev–Trinajstić information content (AvgIpc) is 2.38. The maximum atomic E-state index is 11.2. The van der Waals surface area contributed by atoms with Crippen LogP contribution in [0.5, 0.6) is 5.75 Å². The molecule has 0 bridgehead atoms. The molecule has 0 saturated heterocycles. The fourth-order valence-electron chi connectivity index (χ4n) is 1.71. The Morgan fingerprint density at radius 2 is 2.17 bits per heavy atom. The van der Waals surface area contributed by atoms with Crippen molar-refractivity contribution in [3.63, 3.8) is 0 Å². The first-order valence-electron chi connectivity index (χ1n) is 5.34. The summed E-state index contributed by atoms with van der Waals surface area (Å²) in [6, 6.07) is 7.16. The number of rotatable bonds is 3. The van der Waals surface area contributed by atoms with E-state index in [0.717, 1.165) is 5.39 Å². The van der Waals surface area contributed by atoms with E-state index in [0.29, 0.717) is 22.0 Å². The summed E-state index contributed by atoms with van der Waals surface area (Å²) in [6.45, 7) is 0. The standard InChI is InChI=1S/C13H12ClNO3/c1-17-11-5-3-4-9-10(14)6-8(15-13(9)11)7-12(16)18-2/h3-6H,7H2,1-2H3. The molecule has 2 aromatic rings. The predicted octanol–water partition coefficient (Wildman–Crippen LogP) is 2.61. The zero-order valence-electron chi connectivity index (χ0n) is 10.1. The maximum Gasteiger partial charge on any atom is 0.311 e. The Labute approximate surface area is 109 Å². The van der Waals surface area contributed by atoms with Crippen LogP contribution in [0.15, 0.2) is 24.3 Å². The van der Waals surface area contributed by atoms with Crippen LogP contribution in [0.1, 0.15) is 5.69 Å². The highest BCUT2D eigenvalue weighted by Gasteiger charge is 2.11. The highest BCUT2D eigenvalue weighted by atomic mass is 35.5. The van der Waals surface area contributed by atoms with Crippen molar-refractivity contribution in [2.75, 3.05) is 14.2 Å². The first-order valence-corrected chi connectivity index (χ1v) is 5.72. The van der Waals surface area contributed by atoms with Crippen molar-refractivity contribution in [2.45, 2.75) is 6.42 Å².